The highest BCUT2D eigenvalue weighted by molar-refractivity contribution is 14.1. The molecule has 1 nitrogen and oxygen atoms in total. The number of hydrogen-bond acceptors (Lipinski definition) is 1. The molecule has 0 aromatic heterocycles. The molecule has 1 aliphatic rings. The van der Waals surface area contributed by atoms with Crippen molar-refractivity contribution < 1.29 is 0 Å². The van der Waals surface area contributed by atoms with E-state index >= 15 is 0 Å². The highest BCUT2D eigenvalue weighted by atomic mass is 127. The van der Waals surface area contributed by atoms with E-state index in [2.05, 4.69) is 27.5 Å². The molecule has 0 aromatic rings. The summed E-state index contributed by atoms with van der Waals surface area (Å²) in [4.78, 5) is 2.53. The van der Waals surface area contributed by atoms with Gasteiger partial charge in [0.2, 0.25) is 0 Å². The molecule has 0 bridgehead atoms. The predicted molar refractivity (Wildman–Crippen MR) is 44.6 cm³/mol. The number of halogens is 1. The van der Waals surface area contributed by atoms with Crippen molar-refractivity contribution >= 4 is 22.6 Å². The first-order chi connectivity index (χ1) is 3.93. The fourth-order valence-corrected chi connectivity index (χ4v) is 1.81. The minimum atomic E-state index is 1.29. The summed E-state index contributed by atoms with van der Waals surface area (Å²) in [5, 5.41) is 0. The summed E-state index contributed by atoms with van der Waals surface area (Å²) in [6.45, 7) is 4.01. The lowest BCUT2D eigenvalue weighted by atomic mass is 10.4. The van der Waals surface area contributed by atoms with Crippen LogP contribution in [0.5, 0.6) is 0 Å². The molecule has 0 aromatic carbocycles. The summed E-state index contributed by atoms with van der Waals surface area (Å²) >= 11 is 2.44. The lowest BCUT2D eigenvalue weighted by Crippen LogP contribution is -2.20. The van der Waals surface area contributed by atoms with Gasteiger partial charge in [0.05, 0.1) is 0 Å². The molecule has 1 saturated heterocycles. The van der Waals surface area contributed by atoms with Crippen molar-refractivity contribution in [2.24, 2.45) is 0 Å². The van der Waals surface area contributed by atoms with Gasteiger partial charge in [-0.3, -0.25) is 0 Å². The van der Waals surface area contributed by atoms with Crippen LogP contribution in [0.4, 0.5) is 0 Å². The van der Waals surface area contributed by atoms with Crippen LogP contribution in [0, 0.1) is 0 Å². The van der Waals surface area contributed by atoms with Gasteiger partial charge in [0.15, 0.2) is 0 Å². The topological polar surface area (TPSA) is 3.24 Å². The third kappa shape index (κ3) is 1.90. The van der Waals surface area contributed by atoms with Crippen LogP contribution in [0.15, 0.2) is 0 Å². The van der Waals surface area contributed by atoms with Crippen LogP contribution in [0.1, 0.15) is 12.8 Å². The molecule has 0 saturated carbocycles. The van der Waals surface area contributed by atoms with Gasteiger partial charge in [-0.1, -0.05) is 22.6 Å². The maximum atomic E-state index is 2.53. The van der Waals surface area contributed by atoms with Gasteiger partial charge in [0.25, 0.3) is 0 Å². The van der Waals surface area contributed by atoms with Crippen molar-refractivity contribution in [2.75, 3.05) is 24.1 Å². The van der Waals surface area contributed by atoms with E-state index in [1.165, 1.54) is 36.9 Å². The second-order valence-corrected chi connectivity index (χ2v) is 3.32. The molecule has 0 unspecified atom stereocenters. The maximum Gasteiger partial charge on any atom is 0.0123 e. The van der Waals surface area contributed by atoms with Gasteiger partial charge in [-0.25, -0.2) is 0 Å². The third-order valence-electron chi connectivity index (χ3n) is 1.60. The fraction of sp³-hybridized carbons (Fsp3) is 1.00. The van der Waals surface area contributed by atoms with Crippen LogP contribution < -0.4 is 0 Å². The Morgan fingerprint density at radius 3 is 2.38 bits per heavy atom. The number of alkyl halides is 1. The van der Waals surface area contributed by atoms with Gasteiger partial charge in [0.1, 0.15) is 0 Å². The molecular formula is C6H12IN. The Morgan fingerprint density at radius 2 is 1.88 bits per heavy atom. The Bertz CT molecular complexity index is 59.5. The first kappa shape index (κ1) is 6.81. The van der Waals surface area contributed by atoms with E-state index in [9.17, 15) is 0 Å². The van der Waals surface area contributed by atoms with E-state index < -0.39 is 0 Å². The smallest absolute Gasteiger partial charge is 0.0123 e. The lowest BCUT2D eigenvalue weighted by molar-refractivity contribution is 0.364. The van der Waals surface area contributed by atoms with Gasteiger partial charge in [-0.2, -0.15) is 0 Å². The summed E-state index contributed by atoms with van der Waals surface area (Å²) in [5.74, 6) is 0. The zero-order valence-electron chi connectivity index (χ0n) is 5.07. The van der Waals surface area contributed by atoms with E-state index in [0.29, 0.717) is 0 Å². The molecule has 8 heavy (non-hydrogen) atoms. The number of rotatable bonds is 2. The van der Waals surface area contributed by atoms with Crippen molar-refractivity contribution in [2.45, 2.75) is 12.8 Å². The summed E-state index contributed by atoms with van der Waals surface area (Å²) < 4.78 is 1.29. The Morgan fingerprint density at radius 1 is 1.25 bits per heavy atom. The van der Waals surface area contributed by atoms with Gasteiger partial charge >= 0.3 is 0 Å². The monoisotopic (exact) mass is 225 g/mol. The Hall–Kier alpha value is 0.690. The third-order valence-corrected chi connectivity index (χ3v) is 2.08. The van der Waals surface area contributed by atoms with Crippen molar-refractivity contribution in [3.63, 3.8) is 0 Å². The van der Waals surface area contributed by atoms with Crippen LogP contribution in [-0.4, -0.2) is 29.0 Å². The largest absolute Gasteiger partial charge is 0.303 e. The lowest BCUT2D eigenvalue weighted by Gasteiger charge is -2.10. The highest BCUT2D eigenvalue weighted by Crippen LogP contribution is 2.06. The fourth-order valence-electron chi connectivity index (χ4n) is 1.13. The zero-order valence-corrected chi connectivity index (χ0v) is 7.23. The van der Waals surface area contributed by atoms with Crippen LogP contribution in [0.3, 0.4) is 0 Å². The van der Waals surface area contributed by atoms with Crippen molar-refractivity contribution in [1.82, 2.24) is 4.90 Å². The van der Waals surface area contributed by atoms with Crippen LogP contribution in [0.2, 0.25) is 0 Å². The predicted octanol–water partition coefficient (Wildman–Crippen LogP) is 1.52. The highest BCUT2D eigenvalue weighted by Gasteiger charge is 2.08. The average Bonchev–Trinajstić information content (AvgIpc) is 2.19. The quantitative estimate of drug-likeness (QED) is 0.508. The SMILES string of the molecule is ICCN1CCCC1. The molecule has 0 aliphatic carbocycles. The number of likely N-dealkylation sites (tertiary alicyclic amines) is 1. The van der Waals surface area contributed by atoms with Gasteiger partial charge in [0, 0.05) is 11.0 Å². The molecule has 1 rings (SSSR count). The van der Waals surface area contributed by atoms with E-state index in [4.69, 9.17) is 0 Å². The minimum absolute atomic E-state index is 1.29. The molecule has 0 spiro atoms. The molecule has 0 amide bonds. The van der Waals surface area contributed by atoms with E-state index in [1.807, 2.05) is 0 Å². The van der Waals surface area contributed by atoms with E-state index in [1.54, 1.807) is 0 Å². The molecule has 2 heteroatoms. The van der Waals surface area contributed by atoms with Gasteiger partial charge in [-0.15, -0.1) is 0 Å². The standard InChI is InChI=1S/C6H12IN/c7-3-6-8-4-1-2-5-8/h1-6H2. The van der Waals surface area contributed by atoms with Gasteiger partial charge < -0.3 is 4.90 Å². The summed E-state index contributed by atoms with van der Waals surface area (Å²) in [7, 11) is 0. The average molecular weight is 225 g/mol. The molecule has 0 N–H and O–H groups in total. The van der Waals surface area contributed by atoms with Crippen molar-refractivity contribution in [1.29, 1.82) is 0 Å². The summed E-state index contributed by atoms with van der Waals surface area (Å²) in [5.41, 5.74) is 0. The van der Waals surface area contributed by atoms with E-state index in [0.717, 1.165) is 0 Å². The van der Waals surface area contributed by atoms with Crippen molar-refractivity contribution in [3.8, 4) is 0 Å². The van der Waals surface area contributed by atoms with Crippen molar-refractivity contribution in [3.05, 3.63) is 0 Å². The molecule has 48 valence electrons. The number of nitrogens with zero attached hydrogens (tertiary/aromatic N) is 1. The minimum Gasteiger partial charge on any atom is -0.303 e. The Balaban J connectivity index is 2.06. The van der Waals surface area contributed by atoms with Crippen LogP contribution in [-0.2, 0) is 0 Å². The normalized spacial score (nSPS) is 22.1. The van der Waals surface area contributed by atoms with Crippen LogP contribution in [0.25, 0.3) is 0 Å². The Labute approximate surface area is 64.6 Å². The zero-order chi connectivity index (χ0) is 5.82. The Kier molecular flexibility index (Phi) is 3.12. The maximum absolute atomic E-state index is 2.53. The van der Waals surface area contributed by atoms with Crippen LogP contribution >= 0.6 is 22.6 Å². The van der Waals surface area contributed by atoms with Gasteiger partial charge in [-0.05, 0) is 25.9 Å². The molecule has 0 radical (unpaired) electrons. The summed E-state index contributed by atoms with van der Waals surface area (Å²) in [6, 6.07) is 0. The molecule has 0 atom stereocenters. The first-order valence-corrected chi connectivity index (χ1v) is 4.74. The number of hydrogen-bond donors (Lipinski definition) is 0. The second-order valence-electron chi connectivity index (χ2n) is 2.24. The first-order valence-electron chi connectivity index (χ1n) is 3.22. The molecular weight excluding hydrogens is 213 g/mol. The molecule has 1 heterocycles. The molecule has 1 fully saturated rings. The molecule has 1 aliphatic heterocycles. The second kappa shape index (κ2) is 3.67. The summed E-state index contributed by atoms with van der Waals surface area (Å²) in [6.07, 6.45) is 2.85. The van der Waals surface area contributed by atoms with E-state index in [-0.39, 0.29) is 0 Å².